The lowest BCUT2D eigenvalue weighted by Crippen LogP contribution is -2.25. The minimum absolute atomic E-state index is 0.111. The predicted octanol–water partition coefficient (Wildman–Crippen LogP) is 3.19. The van der Waals surface area contributed by atoms with Crippen LogP contribution in [0.3, 0.4) is 0 Å². The number of nitrogens with two attached hydrogens (primary N) is 1. The lowest BCUT2D eigenvalue weighted by atomic mass is 10.2. The number of carbonyl (C=O) groups is 1. The second-order valence-electron chi connectivity index (χ2n) is 6.01. The van der Waals surface area contributed by atoms with E-state index in [1.165, 1.54) is 6.20 Å². The molecule has 0 unspecified atom stereocenters. The molecule has 0 aliphatic rings. The minimum atomic E-state index is -0.374. The molecule has 1 aromatic carbocycles. The zero-order chi connectivity index (χ0) is 20.4. The third-order valence-electron chi connectivity index (χ3n) is 3.96. The van der Waals surface area contributed by atoms with Crippen molar-refractivity contribution in [2.24, 2.45) is 0 Å². The highest BCUT2D eigenvalue weighted by molar-refractivity contribution is 9.10. The standard InChI is InChI=1S/C18H14BrClN8O/c19-10-6-13(17(21)22-8-10)18(29)23-9-16-26-25-15-5-4-14(27-28(15)16)24-12-3-1-2-11(20)7-12/h1-8H,9H2,(H2,21,22)(H,23,29)(H,24,27). The van der Waals surface area contributed by atoms with Crippen LogP contribution in [0.4, 0.5) is 17.3 Å². The van der Waals surface area contributed by atoms with E-state index in [9.17, 15) is 4.79 Å². The van der Waals surface area contributed by atoms with Crippen LogP contribution >= 0.6 is 27.5 Å². The minimum Gasteiger partial charge on any atom is -0.383 e. The Hall–Kier alpha value is -3.24. The molecule has 0 fully saturated rings. The molecule has 29 heavy (non-hydrogen) atoms. The summed E-state index contributed by atoms with van der Waals surface area (Å²) in [5, 5.41) is 19.2. The summed E-state index contributed by atoms with van der Waals surface area (Å²) in [6, 6.07) is 12.4. The van der Waals surface area contributed by atoms with E-state index in [4.69, 9.17) is 17.3 Å². The van der Waals surface area contributed by atoms with E-state index in [2.05, 4.69) is 46.8 Å². The lowest BCUT2D eigenvalue weighted by molar-refractivity contribution is 0.0950. The van der Waals surface area contributed by atoms with Crippen LogP contribution in [0.5, 0.6) is 0 Å². The summed E-state index contributed by atoms with van der Waals surface area (Å²) < 4.78 is 2.21. The highest BCUT2D eigenvalue weighted by Crippen LogP contribution is 2.19. The Balaban J connectivity index is 1.53. The van der Waals surface area contributed by atoms with Crippen LogP contribution in [0.2, 0.25) is 5.02 Å². The second-order valence-corrected chi connectivity index (χ2v) is 7.36. The quantitative estimate of drug-likeness (QED) is 0.407. The van der Waals surface area contributed by atoms with Crippen LogP contribution in [0.1, 0.15) is 16.2 Å². The molecule has 0 radical (unpaired) electrons. The fourth-order valence-electron chi connectivity index (χ4n) is 2.61. The Morgan fingerprint density at radius 1 is 1.21 bits per heavy atom. The first-order valence-electron chi connectivity index (χ1n) is 8.43. The van der Waals surface area contributed by atoms with Gasteiger partial charge in [-0.2, -0.15) is 4.52 Å². The SMILES string of the molecule is Nc1ncc(Br)cc1C(=O)NCc1nnc2ccc(Nc3cccc(Cl)c3)nn12. The number of nitrogens with one attached hydrogen (secondary N) is 2. The molecule has 4 N–H and O–H groups in total. The average molecular weight is 474 g/mol. The van der Waals surface area contributed by atoms with Gasteiger partial charge in [-0.15, -0.1) is 15.3 Å². The number of carbonyl (C=O) groups excluding carboxylic acids is 1. The average Bonchev–Trinajstić information content (AvgIpc) is 3.10. The molecule has 1 amide bonds. The van der Waals surface area contributed by atoms with Gasteiger partial charge >= 0.3 is 0 Å². The Labute approximate surface area is 178 Å². The van der Waals surface area contributed by atoms with Gasteiger partial charge in [0.25, 0.3) is 5.91 Å². The van der Waals surface area contributed by atoms with Crippen molar-refractivity contribution in [1.29, 1.82) is 0 Å². The Kier molecular flexibility index (Phi) is 5.28. The van der Waals surface area contributed by atoms with Crippen molar-refractivity contribution in [3.8, 4) is 0 Å². The maximum Gasteiger partial charge on any atom is 0.255 e. The molecule has 0 atom stereocenters. The monoisotopic (exact) mass is 472 g/mol. The molecule has 3 aromatic heterocycles. The molecule has 0 spiro atoms. The van der Waals surface area contributed by atoms with Crippen molar-refractivity contribution in [3.63, 3.8) is 0 Å². The number of nitrogens with zero attached hydrogens (tertiary/aromatic N) is 5. The van der Waals surface area contributed by atoms with Gasteiger partial charge in [-0.1, -0.05) is 17.7 Å². The lowest BCUT2D eigenvalue weighted by Gasteiger charge is -2.08. The smallest absolute Gasteiger partial charge is 0.255 e. The molecule has 0 aliphatic heterocycles. The van der Waals surface area contributed by atoms with Crippen molar-refractivity contribution in [3.05, 3.63) is 69.5 Å². The maximum atomic E-state index is 12.4. The van der Waals surface area contributed by atoms with Gasteiger partial charge in [-0.25, -0.2) is 4.98 Å². The molecule has 3 heterocycles. The number of halogens is 2. The van der Waals surface area contributed by atoms with E-state index < -0.39 is 0 Å². The molecule has 11 heteroatoms. The third kappa shape index (κ3) is 4.28. The zero-order valence-corrected chi connectivity index (χ0v) is 17.1. The molecule has 0 aliphatic carbocycles. The summed E-state index contributed by atoms with van der Waals surface area (Å²) in [5.41, 5.74) is 7.39. The Morgan fingerprint density at radius 3 is 2.90 bits per heavy atom. The van der Waals surface area contributed by atoms with Crippen molar-refractivity contribution in [1.82, 2.24) is 30.1 Å². The first-order valence-corrected chi connectivity index (χ1v) is 9.60. The highest BCUT2D eigenvalue weighted by Gasteiger charge is 2.14. The predicted molar refractivity (Wildman–Crippen MR) is 113 cm³/mol. The van der Waals surface area contributed by atoms with E-state index >= 15 is 0 Å². The van der Waals surface area contributed by atoms with Gasteiger partial charge in [0, 0.05) is 21.4 Å². The number of pyridine rings is 1. The van der Waals surface area contributed by atoms with Gasteiger partial charge in [0.1, 0.15) is 5.82 Å². The molecule has 0 saturated carbocycles. The first kappa shape index (κ1) is 19.1. The Morgan fingerprint density at radius 2 is 2.07 bits per heavy atom. The molecule has 9 nitrogen and oxygen atoms in total. The number of hydrogen-bond acceptors (Lipinski definition) is 7. The van der Waals surface area contributed by atoms with E-state index in [0.717, 1.165) is 5.69 Å². The van der Waals surface area contributed by atoms with Crippen molar-refractivity contribution < 1.29 is 4.79 Å². The molecule has 4 aromatic rings. The van der Waals surface area contributed by atoms with Crippen molar-refractivity contribution in [2.75, 3.05) is 11.1 Å². The van der Waals surface area contributed by atoms with E-state index in [1.807, 2.05) is 12.1 Å². The van der Waals surface area contributed by atoms with Crippen molar-refractivity contribution >= 4 is 56.4 Å². The van der Waals surface area contributed by atoms with Gasteiger partial charge in [0.15, 0.2) is 17.3 Å². The van der Waals surface area contributed by atoms with Crippen LogP contribution in [-0.4, -0.2) is 30.7 Å². The van der Waals surface area contributed by atoms with E-state index in [-0.39, 0.29) is 23.8 Å². The number of amides is 1. The molecular formula is C18H14BrClN8O. The normalized spacial score (nSPS) is 10.8. The molecule has 146 valence electrons. The van der Waals surface area contributed by atoms with Gasteiger partial charge in [-0.05, 0) is 52.3 Å². The van der Waals surface area contributed by atoms with Crippen LogP contribution in [0.25, 0.3) is 5.65 Å². The van der Waals surface area contributed by atoms with Gasteiger partial charge in [-0.3, -0.25) is 4.79 Å². The largest absolute Gasteiger partial charge is 0.383 e. The molecular weight excluding hydrogens is 460 g/mol. The van der Waals surface area contributed by atoms with Crippen molar-refractivity contribution in [2.45, 2.75) is 6.54 Å². The third-order valence-corrected chi connectivity index (χ3v) is 4.63. The fourth-order valence-corrected chi connectivity index (χ4v) is 3.13. The number of fused-ring (bicyclic) bond motifs is 1. The van der Waals surface area contributed by atoms with Crippen LogP contribution < -0.4 is 16.4 Å². The summed E-state index contributed by atoms with van der Waals surface area (Å²) >= 11 is 9.29. The van der Waals surface area contributed by atoms with Gasteiger partial charge in [0.2, 0.25) is 0 Å². The first-order chi connectivity index (χ1) is 14.0. The topological polar surface area (TPSA) is 123 Å². The molecule has 0 saturated heterocycles. The summed E-state index contributed by atoms with van der Waals surface area (Å²) in [7, 11) is 0. The van der Waals surface area contributed by atoms with Gasteiger partial charge in [0.05, 0.1) is 12.1 Å². The fraction of sp³-hybridized carbons (Fsp3) is 0.0556. The number of rotatable bonds is 5. The zero-order valence-electron chi connectivity index (χ0n) is 14.8. The Bertz CT molecular complexity index is 1210. The van der Waals surface area contributed by atoms with Crippen LogP contribution in [0.15, 0.2) is 53.1 Å². The summed E-state index contributed by atoms with van der Waals surface area (Å²) in [5.74, 6) is 0.807. The summed E-state index contributed by atoms with van der Waals surface area (Å²) in [4.78, 5) is 16.4. The number of benzene rings is 1. The number of nitrogen functional groups attached to an aromatic ring is 1. The van der Waals surface area contributed by atoms with Crippen LogP contribution in [-0.2, 0) is 6.54 Å². The van der Waals surface area contributed by atoms with E-state index in [1.54, 1.807) is 34.8 Å². The summed E-state index contributed by atoms with van der Waals surface area (Å²) in [6.45, 7) is 0.111. The second kappa shape index (κ2) is 8.02. The van der Waals surface area contributed by atoms with Gasteiger partial charge < -0.3 is 16.4 Å². The van der Waals surface area contributed by atoms with E-state index in [0.29, 0.717) is 26.8 Å². The van der Waals surface area contributed by atoms with Crippen LogP contribution in [0, 0.1) is 0 Å². The highest BCUT2D eigenvalue weighted by atomic mass is 79.9. The molecule has 0 bridgehead atoms. The number of hydrogen-bond donors (Lipinski definition) is 3. The number of aromatic nitrogens is 5. The summed E-state index contributed by atoms with van der Waals surface area (Å²) in [6.07, 6.45) is 1.52. The molecule has 4 rings (SSSR count). The number of anilines is 3. The maximum absolute atomic E-state index is 12.4.